The first-order valence-corrected chi connectivity index (χ1v) is 7.61. The monoisotopic (exact) mass is 325 g/mol. The number of carbonyl (C=O) groups is 2. The Morgan fingerprint density at radius 3 is 2.52 bits per heavy atom. The van der Waals surface area contributed by atoms with Gasteiger partial charge in [0, 0.05) is 12.1 Å². The molecular weight excluding hydrogens is 307 g/mol. The van der Waals surface area contributed by atoms with Gasteiger partial charge < -0.3 is 5.32 Å². The van der Waals surface area contributed by atoms with E-state index in [0.717, 1.165) is 18.6 Å². The zero-order valence-electron chi connectivity index (χ0n) is 13.0. The van der Waals surface area contributed by atoms with Gasteiger partial charge in [0.2, 0.25) is 5.91 Å². The number of halogens is 3. The van der Waals surface area contributed by atoms with Gasteiger partial charge in [0.15, 0.2) is 0 Å². The van der Waals surface area contributed by atoms with Crippen LogP contribution in [0.1, 0.15) is 38.7 Å². The van der Waals surface area contributed by atoms with E-state index in [4.69, 9.17) is 0 Å². The molecule has 1 aromatic carbocycles. The van der Waals surface area contributed by atoms with E-state index in [9.17, 15) is 22.8 Å². The first kappa shape index (κ1) is 16.0. The number of rotatable bonds is 2. The van der Waals surface area contributed by atoms with Crippen molar-refractivity contribution in [3.05, 3.63) is 29.8 Å². The van der Waals surface area contributed by atoms with Gasteiger partial charge in [-0.15, -0.1) is 0 Å². The molecule has 2 fully saturated rings. The van der Waals surface area contributed by atoms with Crippen molar-refractivity contribution < 1.29 is 22.8 Å². The molecule has 0 aromatic heterocycles. The minimum atomic E-state index is -4.47. The largest absolute Gasteiger partial charge is 0.416 e. The molecule has 2 atom stereocenters. The lowest BCUT2D eigenvalue weighted by Crippen LogP contribution is -2.46. The number of hydrogen-bond acceptors (Lipinski definition) is 2. The predicted octanol–water partition coefficient (Wildman–Crippen LogP) is 4.04. The molecule has 2 bridgehead atoms. The molecule has 1 amide bonds. The van der Waals surface area contributed by atoms with Gasteiger partial charge >= 0.3 is 6.18 Å². The number of anilines is 1. The van der Waals surface area contributed by atoms with Gasteiger partial charge in [-0.25, -0.2) is 0 Å². The van der Waals surface area contributed by atoms with Crippen molar-refractivity contribution in [2.24, 2.45) is 16.7 Å². The van der Waals surface area contributed by atoms with E-state index >= 15 is 0 Å². The molecular formula is C17H18F3NO2. The molecule has 2 aliphatic carbocycles. The highest BCUT2D eigenvalue weighted by Crippen LogP contribution is 2.64. The minimum Gasteiger partial charge on any atom is -0.325 e. The molecule has 6 heteroatoms. The van der Waals surface area contributed by atoms with Crippen LogP contribution in [-0.4, -0.2) is 11.7 Å². The van der Waals surface area contributed by atoms with E-state index in [1.54, 1.807) is 0 Å². The van der Waals surface area contributed by atoms with E-state index in [1.165, 1.54) is 12.1 Å². The number of nitrogens with one attached hydrogen (secondary N) is 1. The van der Waals surface area contributed by atoms with Crippen LogP contribution in [0.3, 0.4) is 0 Å². The zero-order chi connectivity index (χ0) is 17.0. The van der Waals surface area contributed by atoms with E-state index in [0.29, 0.717) is 12.8 Å². The summed E-state index contributed by atoms with van der Waals surface area (Å²) in [5.74, 6) is -0.405. The number of amides is 1. The standard InChI is InChI=1S/C17H18F3NO2/c1-15(2)10-6-7-16(15,13(22)9-10)14(23)21-12-5-3-4-11(8-12)17(18,19)20/h3-5,8,10H,6-7,9H2,1-2H3,(H,21,23). The summed E-state index contributed by atoms with van der Waals surface area (Å²) in [7, 11) is 0. The number of Topliss-reactive ketones (excluding diaryl/α,β-unsaturated/α-hetero) is 1. The molecule has 0 spiro atoms. The average molecular weight is 325 g/mol. The lowest BCUT2D eigenvalue weighted by atomic mass is 9.68. The van der Waals surface area contributed by atoms with Crippen molar-refractivity contribution in [2.75, 3.05) is 5.32 Å². The summed E-state index contributed by atoms with van der Waals surface area (Å²) < 4.78 is 38.3. The van der Waals surface area contributed by atoms with Crippen LogP contribution < -0.4 is 5.32 Å². The third-order valence-corrected chi connectivity index (χ3v) is 5.73. The van der Waals surface area contributed by atoms with Crippen molar-refractivity contribution in [2.45, 2.75) is 39.3 Å². The zero-order valence-corrected chi connectivity index (χ0v) is 13.0. The predicted molar refractivity (Wildman–Crippen MR) is 78.6 cm³/mol. The second-order valence-corrected chi connectivity index (χ2v) is 7.02. The first-order chi connectivity index (χ1) is 10.6. The van der Waals surface area contributed by atoms with E-state index < -0.39 is 28.5 Å². The van der Waals surface area contributed by atoms with E-state index in [-0.39, 0.29) is 17.4 Å². The third-order valence-electron chi connectivity index (χ3n) is 5.73. The second kappa shape index (κ2) is 4.82. The van der Waals surface area contributed by atoms with Crippen LogP contribution in [0, 0.1) is 16.7 Å². The lowest BCUT2D eigenvalue weighted by Gasteiger charge is -2.34. The van der Waals surface area contributed by atoms with Gasteiger partial charge in [-0.1, -0.05) is 19.9 Å². The summed E-state index contributed by atoms with van der Waals surface area (Å²) >= 11 is 0. The van der Waals surface area contributed by atoms with E-state index in [2.05, 4.69) is 5.32 Å². The van der Waals surface area contributed by atoms with Crippen LogP contribution in [0.5, 0.6) is 0 Å². The Morgan fingerprint density at radius 2 is 2.00 bits per heavy atom. The molecule has 23 heavy (non-hydrogen) atoms. The molecule has 2 unspecified atom stereocenters. The fourth-order valence-electron chi connectivity index (χ4n) is 4.22. The van der Waals surface area contributed by atoms with Gasteiger partial charge in [0.25, 0.3) is 0 Å². The molecule has 0 saturated heterocycles. The number of ketones is 1. The number of carbonyl (C=O) groups excluding carboxylic acids is 2. The maximum atomic E-state index is 12.8. The highest BCUT2D eigenvalue weighted by Gasteiger charge is 2.68. The maximum Gasteiger partial charge on any atom is 0.416 e. The summed E-state index contributed by atoms with van der Waals surface area (Å²) in [6.07, 6.45) is -2.83. The molecule has 0 heterocycles. The average Bonchev–Trinajstić information content (AvgIpc) is 2.81. The van der Waals surface area contributed by atoms with Crippen LogP contribution in [0.25, 0.3) is 0 Å². The quantitative estimate of drug-likeness (QED) is 0.834. The van der Waals surface area contributed by atoms with Crippen molar-refractivity contribution in [3.63, 3.8) is 0 Å². The van der Waals surface area contributed by atoms with E-state index in [1.807, 2.05) is 13.8 Å². The van der Waals surface area contributed by atoms with Crippen molar-refractivity contribution in [1.82, 2.24) is 0 Å². The second-order valence-electron chi connectivity index (χ2n) is 7.02. The van der Waals surface area contributed by atoms with Crippen LogP contribution in [0.2, 0.25) is 0 Å². The Morgan fingerprint density at radius 1 is 1.30 bits per heavy atom. The molecule has 2 saturated carbocycles. The summed E-state index contributed by atoms with van der Waals surface area (Å²) in [6.45, 7) is 3.81. The van der Waals surface area contributed by atoms with Crippen LogP contribution in [-0.2, 0) is 15.8 Å². The molecule has 2 aliphatic rings. The van der Waals surface area contributed by atoms with Gasteiger partial charge in [0.1, 0.15) is 11.2 Å². The molecule has 1 aromatic rings. The molecule has 3 nitrogen and oxygen atoms in total. The molecule has 0 radical (unpaired) electrons. The highest BCUT2D eigenvalue weighted by molar-refractivity contribution is 6.14. The van der Waals surface area contributed by atoms with Crippen LogP contribution >= 0.6 is 0 Å². The number of benzene rings is 1. The molecule has 1 N–H and O–H groups in total. The molecule has 124 valence electrons. The number of hydrogen-bond donors (Lipinski definition) is 1. The highest BCUT2D eigenvalue weighted by atomic mass is 19.4. The Labute approximate surface area is 132 Å². The van der Waals surface area contributed by atoms with Gasteiger partial charge in [-0.05, 0) is 42.4 Å². The molecule has 3 rings (SSSR count). The van der Waals surface area contributed by atoms with Crippen LogP contribution in [0.4, 0.5) is 18.9 Å². The van der Waals surface area contributed by atoms with Crippen molar-refractivity contribution >= 4 is 17.4 Å². The molecule has 0 aliphatic heterocycles. The summed E-state index contributed by atoms with van der Waals surface area (Å²) in [5.41, 5.74) is -2.34. The van der Waals surface area contributed by atoms with Gasteiger partial charge in [-0.2, -0.15) is 13.2 Å². The first-order valence-electron chi connectivity index (χ1n) is 7.61. The Kier molecular flexibility index (Phi) is 3.36. The Hall–Kier alpha value is -1.85. The summed E-state index contributed by atoms with van der Waals surface area (Å²) in [5, 5.41) is 2.54. The maximum absolute atomic E-state index is 12.8. The Balaban J connectivity index is 1.90. The smallest absolute Gasteiger partial charge is 0.325 e. The van der Waals surface area contributed by atoms with Gasteiger partial charge in [0.05, 0.1) is 5.56 Å². The fraction of sp³-hybridized carbons (Fsp3) is 0.529. The normalized spacial score (nSPS) is 28.9. The summed E-state index contributed by atoms with van der Waals surface area (Å²) in [6, 6.07) is 4.50. The summed E-state index contributed by atoms with van der Waals surface area (Å²) in [4.78, 5) is 25.2. The lowest BCUT2D eigenvalue weighted by molar-refractivity contribution is -0.141. The third kappa shape index (κ3) is 2.18. The SMILES string of the molecule is CC1(C)C2CCC1(C(=O)Nc1cccc(C(F)(F)F)c1)C(=O)C2. The Bertz CT molecular complexity index is 681. The van der Waals surface area contributed by atoms with Crippen LogP contribution in [0.15, 0.2) is 24.3 Å². The topological polar surface area (TPSA) is 46.2 Å². The fourth-order valence-corrected chi connectivity index (χ4v) is 4.22. The number of fused-ring (bicyclic) bond motifs is 2. The van der Waals surface area contributed by atoms with Crippen molar-refractivity contribution in [1.29, 1.82) is 0 Å². The van der Waals surface area contributed by atoms with Gasteiger partial charge in [-0.3, -0.25) is 9.59 Å². The minimum absolute atomic E-state index is 0.0677. The number of alkyl halides is 3. The van der Waals surface area contributed by atoms with Crippen molar-refractivity contribution in [3.8, 4) is 0 Å².